The number of rotatable bonds is 5. The van der Waals surface area contributed by atoms with E-state index in [9.17, 15) is 9.59 Å². The van der Waals surface area contributed by atoms with Gasteiger partial charge in [-0.15, -0.1) is 0 Å². The molecule has 7 heteroatoms. The number of hydrogen-bond acceptors (Lipinski definition) is 4. The number of likely N-dealkylation sites (tertiary alicyclic amines) is 1. The second-order valence-corrected chi connectivity index (χ2v) is 7.48. The molecule has 2 aliphatic rings. The normalized spacial score (nSPS) is 19.8. The fourth-order valence-electron chi connectivity index (χ4n) is 3.58. The monoisotopic (exact) mass is 348 g/mol. The number of amides is 2. The minimum absolute atomic E-state index is 0.00943. The first kappa shape index (κ1) is 17.8. The van der Waals surface area contributed by atoms with Crippen LogP contribution >= 0.6 is 0 Å². The van der Waals surface area contributed by atoms with Gasteiger partial charge < -0.3 is 14.5 Å². The van der Waals surface area contributed by atoms with Gasteiger partial charge in [0.2, 0.25) is 0 Å². The van der Waals surface area contributed by atoms with Crippen molar-refractivity contribution < 1.29 is 14.3 Å². The molecule has 7 nitrogen and oxygen atoms in total. The molecule has 0 unspecified atom stereocenters. The minimum Gasteiger partial charge on any atom is -0.441 e. The van der Waals surface area contributed by atoms with Gasteiger partial charge in [-0.1, -0.05) is 13.8 Å². The molecule has 0 atom stereocenters. The summed E-state index contributed by atoms with van der Waals surface area (Å²) in [6.45, 7) is 9.57. The van der Waals surface area contributed by atoms with Crippen molar-refractivity contribution in [3.63, 3.8) is 0 Å². The third-order valence-corrected chi connectivity index (χ3v) is 5.21. The summed E-state index contributed by atoms with van der Waals surface area (Å²) in [5.74, 6) is 0.572. The van der Waals surface area contributed by atoms with Gasteiger partial charge in [0, 0.05) is 45.2 Å². The Kier molecular flexibility index (Phi) is 5.01. The van der Waals surface area contributed by atoms with Crippen molar-refractivity contribution in [1.82, 2.24) is 19.6 Å². The van der Waals surface area contributed by atoms with Crippen LogP contribution in [0.3, 0.4) is 0 Å². The van der Waals surface area contributed by atoms with Gasteiger partial charge in [-0.3, -0.25) is 9.48 Å². The standard InChI is InChI=1S/C18H28N4O3/c1-4-22-15(5-9-19-22)16(23)20-11-7-18(8-12-20)13-21(17(24)25-18)10-6-14(2)3/h5,9,14H,4,6-8,10-13H2,1-3H3. The molecular formula is C18H28N4O3. The van der Waals surface area contributed by atoms with Gasteiger partial charge in [0.15, 0.2) is 0 Å². The summed E-state index contributed by atoms with van der Waals surface area (Å²) < 4.78 is 7.45. The Balaban J connectivity index is 1.58. The number of hydrogen-bond donors (Lipinski definition) is 0. The van der Waals surface area contributed by atoms with Crippen molar-refractivity contribution in [2.24, 2.45) is 5.92 Å². The number of ether oxygens (including phenoxy) is 1. The first-order valence-corrected chi connectivity index (χ1v) is 9.23. The van der Waals surface area contributed by atoms with Gasteiger partial charge in [0.25, 0.3) is 5.91 Å². The fraction of sp³-hybridized carbons (Fsp3) is 0.722. The molecule has 2 fully saturated rings. The third kappa shape index (κ3) is 3.65. The molecule has 2 saturated heterocycles. The van der Waals surface area contributed by atoms with Crippen LogP contribution in [0.25, 0.3) is 0 Å². The predicted molar refractivity (Wildman–Crippen MR) is 93.3 cm³/mol. The fourth-order valence-corrected chi connectivity index (χ4v) is 3.58. The molecule has 0 saturated carbocycles. The van der Waals surface area contributed by atoms with Crippen molar-refractivity contribution in [3.05, 3.63) is 18.0 Å². The highest BCUT2D eigenvalue weighted by molar-refractivity contribution is 5.92. The molecule has 1 aromatic heterocycles. The number of aryl methyl sites for hydroxylation is 1. The Morgan fingerprint density at radius 1 is 1.36 bits per heavy atom. The van der Waals surface area contributed by atoms with Crippen LogP contribution in [0.5, 0.6) is 0 Å². The molecular weight excluding hydrogens is 320 g/mol. The van der Waals surface area contributed by atoms with Crippen LogP contribution in [0.1, 0.15) is 50.5 Å². The molecule has 3 rings (SSSR count). The number of nitrogens with zero attached hydrogens (tertiary/aromatic N) is 4. The topological polar surface area (TPSA) is 67.7 Å². The lowest BCUT2D eigenvalue weighted by molar-refractivity contribution is 0.00280. The zero-order valence-corrected chi connectivity index (χ0v) is 15.4. The largest absolute Gasteiger partial charge is 0.441 e. The van der Waals surface area contributed by atoms with Crippen LogP contribution < -0.4 is 0 Å². The van der Waals surface area contributed by atoms with E-state index in [2.05, 4.69) is 18.9 Å². The van der Waals surface area contributed by atoms with E-state index in [1.54, 1.807) is 16.9 Å². The molecule has 2 aliphatic heterocycles. The van der Waals surface area contributed by atoms with Crippen LogP contribution in [0.2, 0.25) is 0 Å². The molecule has 2 amide bonds. The third-order valence-electron chi connectivity index (χ3n) is 5.21. The summed E-state index contributed by atoms with van der Waals surface area (Å²) in [7, 11) is 0. The molecule has 0 aliphatic carbocycles. The second-order valence-electron chi connectivity index (χ2n) is 7.48. The molecule has 1 aromatic rings. The van der Waals surface area contributed by atoms with Crippen LogP contribution in [0.4, 0.5) is 4.79 Å². The SMILES string of the molecule is CCn1nccc1C(=O)N1CCC2(CC1)CN(CCC(C)C)C(=O)O2. The molecule has 0 bridgehead atoms. The van der Waals surface area contributed by atoms with Crippen molar-refractivity contribution in [1.29, 1.82) is 0 Å². The van der Waals surface area contributed by atoms with Gasteiger partial charge in [-0.25, -0.2) is 4.79 Å². The molecule has 0 N–H and O–H groups in total. The Bertz CT molecular complexity index is 632. The van der Waals surface area contributed by atoms with Crippen molar-refractivity contribution in [2.75, 3.05) is 26.2 Å². The highest BCUT2D eigenvalue weighted by Gasteiger charge is 2.47. The molecule has 3 heterocycles. The maximum absolute atomic E-state index is 12.7. The quantitative estimate of drug-likeness (QED) is 0.819. The summed E-state index contributed by atoms with van der Waals surface area (Å²) >= 11 is 0. The van der Waals surface area contributed by atoms with Gasteiger partial charge in [-0.2, -0.15) is 5.10 Å². The number of piperidine rings is 1. The van der Waals surface area contributed by atoms with Crippen molar-refractivity contribution >= 4 is 12.0 Å². The molecule has 0 aromatic carbocycles. The van der Waals surface area contributed by atoms with E-state index < -0.39 is 5.60 Å². The first-order chi connectivity index (χ1) is 11.9. The van der Waals surface area contributed by atoms with Gasteiger partial charge >= 0.3 is 6.09 Å². The summed E-state index contributed by atoms with van der Waals surface area (Å²) in [6, 6.07) is 1.76. The molecule has 1 spiro atoms. The zero-order valence-electron chi connectivity index (χ0n) is 15.4. The highest BCUT2D eigenvalue weighted by Crippen LogP contribution is 2.33. The van der Waals surface area contributed by atoms with Crippen LogP contribution in [0.15, 0.2) is 12.3 Å². The summed E-state index contributed by atoms with van der Waals surface area (Å²) in [6.07, 6.45) is 3.83. The lowest BCUT2D eigenvalue weighted by Gasteiger charge is -2.37. The van der Waals surface area contributed by atoms with Gasteiger partial charge in [0.1, 0.15) is 11.3 Å². The van der Waals surface area contributed by atoms with Crippen molar-refractivity contribution in [2.45, 2.75) is 52.2 Å². The summed E-state index contributed by atoms with van der Waals surface area (Å²) in [4.78, 5) is 28.5. The Hall–Kier alpha value is -2.05. The Labute approximate surface area is 148 Å². The van der Waals surface area contributed by atoms with Gasteiger partial charge in [0.05, 0.1) is 6.54 Å². The molecule has 25 heavy (non-hydrogen) atoms. The van der Waals surface area contributed by atoms with E-state index in [4.69, 9.17) is 4.74 Å². The lowest BCUT2D eigenvalue weighted by Crippen LogP contribution is -2.49. The van der Waals surface area contributed by atoms with E-state index in [-0.39, 0.29) is 12.0 Å². The van der Waals surface area contributed by atoms with E-state index in [1.165, 1.54) is 0 Å². The highest BCUT2D eigenvalue weighted by atomic mass is 16.6. The minimum atomic E-state index is -0.421. The Morgan fingerprint density at radius 2 is 2.08 bits per heavy atom. The molecule has 0 radical (unpaired) electrons. The van der Waals surface area contributed by atoms with E-state index in [0.29, 0.717) is 50.6 Å². The maximum Gasteiger partial charge on any atom is 0.410 e. The van der Waals surface area contributed by atoms with E-state index >= 15 is 0 Å². The summed E-state index contributed by atoms with van der Waals surface area (Å²) in [5, 5.41) is 4.17. The molecule has 138 valence electrons. The maximum atomic E-state index is 12.7. The smallest absolute Gasteiger partial charge is 0.410 e. The van der Waals surface area contributed by atoms with Crippen LogP contribution in [-0.2, 0) is 11.3 Å². The van der Waals surface area contributed by atoms with E-state index in [1.807, 2.05) is 16.7 Å². The Morgan fingerprint density at radius 3 is 2.72 bits per heavy atom. The number of carbonyl (C=O) groups is 2. The van der Waals surface area contributed by atoms with Crippen molar-refractivity contribution in [3.8, 4) is 0 Å². The second kappa shape index (κ2) is 7.06. The number of carbonyl (C=O) groups excluding carboxylic acids is 2. The summed E-state index contributed by atoms with van der Waals surface area (Å²) in [5.41, 5.74) is 0.205. The van der Waals surface area contributed by atoms with Crippen LogP contribution in [0, 0.1) is 5.92 Å². The average Bonchev–Trinajstić information content (AvgIpc) is 3.17. The van der Waals surface area contributed by atoms with E-state index in [0.717, 1.165) is 13.0 Å². The first-order valence-electron chi connectivity index (χ1n) is 9.23. The van der Waals surface area contributed by atoms with Gasteiger partial charge in [-0.05, 0) is 25.3 Å². The van der Waals surface area contributed by atoms with Crippen LogP contribution in [-0.4, -0.2) is 63.4 Å². The number of aromatic nitrogens is 2. The average molecular weight is 348 g/mol. The lowest BCUT2D eigenvalue weighted by atomic mass is 9.91. The zero-order chi connectivity index (χ0) is 18.0. The predicted octanol–water partition coefficient (Wildman–Crippen LogP) is 2.38.